The van der Waals surface area contributed by atoms with Crippen molar-refractivity contribution in [3.05, 3.63) is 42.2 Å². The molecular formula is C18H17N5O3S2. The summed E-state index contributed by atoms with van der Waals surface area (Å²) in [6.07, 6.45) is 3.33. The lowest BCUT2D eigenvalue weighted by Crippen LogP contribution is -2.09. The van der Waals surface area contributed by atoms with E-state index in [0.29, 0.717) is 30.2 Å². The molecule has 2 aliphatic heterocycles. The highest BCUT2D eigenvalue weighted by Crippen LogP contribution is 2.27. The summed E-state index contributed by atoms with van der Waals surface area (Å²) in [4.78, 5) is 8.26. The van der Waals surface area contributed by atoms with Gasteiger partial charge in [-0.3, -0.25) is 9.71 Å². The number of hydrogen-bond acceptors (Lipinski definition) is 8. The first-order chi connectivity index (χ1) is 13.5. The fraction of sp³-hybridized carbons (Fsp3) is 0.222. The van der Waals surface area contributed by atoms with Crippen molar-refractivity contribution >= 4 is 50.3 Å². The molecule has 2 aliphatic rings. The monoisotopic (exact) mass is 415 g/mol. The van der Waals surface area contributed by atoms with Crippen LogP contribution >= 0.6 is 11.8 Å². The van der Waals surface area contributed by atoms with Crippen LogP contribution in [0, 0.1) is 0 Å². The molecule has 0 bridgehead atoms. The van der Waals surface area contributed by atoms with Crippen LogP contribution in [0.3, 0.4) is 0 Å². The number of aliphatic imine (C=N–C) groups is 2. The zero-order valence-electron chi connectivity index (χ0n) is 15.0. The molecule has 144 valence electrons. The summed E-state index contributed by atoms with van der Waals surface area (Å²) >= 11 is 1.62. The van der Waals surface area contributed by atoms with Crippen LogP contribution in [-0.4, -0.2) is 49.8 Å². The lowest BCUT2D eigenvalue weighted by Gasteiger charge is -2.04. The largest absolute Gasteiger partial charge is 0.455 e. The molecule has 0 saturated heterocycles. The molecule has 0 saturated carbocycles. The number of benzene rings is 1. The van der Waals surface area contributed by atoms with Crippen molar-refractivity contribution in [2.45, 2.75) is 6.42 Å². The second-order valence-electron chi connectivity index (χ2n) is 6.27. The lowest BCUT2D eigenvalue weighted by atomic mass is 10.1. The molecule has 28 heavy (non-hydrogen) atoms. The third kappa shape index (κ3) is 4.57. The van der Waals surface area contributed by atoms with Gasteiger partial charge in [0.1, 0.15) is 22.9 Å². The molecule has 0 fully saturated rings. The molecule has 3 heterocycles. The van der Waals surface area contributed by atoms with Crippen molar-refractivity contribution in [3.63, 3.8) is 0 Å². The Labute approximate surface area is 166 Å². The van der Waals surface area contributed by atoms with E-state index >= 15 is 0 Å². The Morgan fingerprint density at radius 2 is 1.89 bits per heavy atom. The SMILES string of the molecule is CS(=O)(=O)Nc1ccc(-c2ccc(C3=NN=C(SCC4=NC=NC4)C3)o2)cc1. The normalized spacial score (nSPS) is 16.1. The predicted octanol–water partition coefficient (Wildman–Crippen LogP) is 3.04. The number of nitrogens with one attached hydrogen (secondary N) is 1. The average Bonchev–Trinajstić information content (AvgIpc) is 3.40. The van der Waals surface area contributed by atoms with Gasteiger partial charge in [-0.15, -0.1) is 16.9 Å². The minimum absolute atomic E-state index is 0.505. The summed E-state index contributed by atoms with van der Waals surface area (Å²) in [6.45, 7) is 0.661. The van der Waals surface area contributed by atoms with E-state index < -0.39 is 10.0 Å². The molecule has 1 N–H and O–H groups in total. The van der Waals surface area contributed by atoms with Gasteiger partial charge in [-0.25, -0.2) is 13.4 Å². The molecule has 0 atom stereocenters. The van der Waals surface area contributed by atoms with Gasteiger partial charge in [0.2, 0.25) is 10.0 Å². The molecule has 0 aliphatic carbocycles. The van der Waals surface area contributed by atoms with Gasteiger partial charge in [-0.1, -0.05) is 0 Å². The van der Waals surface area contributed by atoms with Gasteiger partial charge in [0, 0.05) is 23.4 Å². The van der Waals surface area contributed by atoms with Crippen molar-refractivity contribution in [1.29, 1.82) is 0 Å². The highest BCUT2D eigenvalue weighted by atomic mass is 32.2. The van der Waals surface area contributed by atoms with E-state index in [1.54, 1.807) is 42.4 Å². The van der Waals surface area contributed by atoms with Crippen LogP contribution < -0.4 is 4.72 Å². The summed E-state index contributed by atoms with van der Waals surface area (Å²) < 4.78 is 30.9. The lowest BCUT2D eigenvalue weighted by molar-refractivity contribution is 0.571. The van der Waals surface area contributed by atoms with Crippen LogP contribution in [0.25, 0.3) is 11.3 Å². The van der Waals surface area contributed by atoms with E-state index in [4.69, 9.17) is 4.42 Å². The maximum Gasteiger partial charge on any atom is 0.229 e. The molecule has 10 heteroatoms. The van der Waals surface area contributed by atoms with Crippen LogP contribution in [0.5, 0.6) is 0 Å². The van der Waals surface area contributed by atoms with Crippen LogP contribution in [-0.2, 0) is 10.0 Å². The molecule has 8 nitrogen and oxygen atoms in total. The van der Waals surface area contributed by atoms with Gasteiger partial charge in [0.25, 0.3) is 0 Å². The highest BCUT2D eigenvalue weighted by Gasteiger charge is 2.19. The van der Waals surface area contributed by atoms with Crippen molar-refractivity contribution in [1.82, 2.24) is 0 Å². The Morgan fingerprint density at radius 1 is 1.11 bits per heavy atom. The summed E-state index contributed by atoms with van der Waals surface area (Å²) in [5.74, 6) is 2.12. The van der Waals surface area contributed by atoms with Crippen molar-refractivity contribution in [3.8, 4) is 11.3 Å². The van der Waals surface area contributed by atoms with Gasteiger partial charge in [-0.2, -0.15) is 5.10 Å². The Hall–Kier alpha value is -2.72. The molecule has 0 unspecified atom stereocenters. The standard InChI is InChI=1S/C18H17N5O3S2/c1-28(24,25)23-13-4-2-12(3-5-13)16-6-7-17(26-16)15-8-18(22-21-15)27-10-14-9-19-11-20-14/h2-7,11,23H,8-10H2,1H3. The summed E-state index contributed by atoms with van der Waals surface area (Å²) in [7, 11) is -3.30. The van der Waals surface area contributed by atoms with Gasteiger partial charge in [0.15, 0.2) is 5.76 Å². The average molecular weight is 416 g/mol. The zero-order valence-corrected chi connectivity index (χ0v) is 16.6. The van der Waals surface area contributed by atoms with E-state index in [1.807, 2.05) is 12.1 Å². The predicted molar refractivity (Wildman–Crippen MR) is 114 cm³/mol. The zero-order chi connectivity index (χ0) is 19.6. The smallest absolute Gasteiger partial charge is 0.229 e. The number of furan rings is 1. The van der Waals surface area contributed by atoms with Crippen molar-refractivity contribution in [2.75, 3.05) is 23.3 Å². The second-order valence-corrected chi connectivity index (χ2v) is 9.07. The molecule has 0 spiro atoms. The fourth-order valence-electron chi connectivity index (χ4n) is 2.67. The van der Waals surface area contributed by atoms with E-state index in [2.05, 4.69) is 24.9 Å². The molecule has 1 aromatic carbocycles. The summed E-state index contributed by atoms with van der Waals surface area (Å²) in [6, 6.07) is 10.7. The van der Waals surface area contributed by atoms with Crippen LogP contribution in [0.4, 0.5) is 5.69 Å². The van der Waals surface area contributed by atoms with E-state index in [0.717, 1.165) is 34.0 Å². The molecular weight excluding hydrogens is 398 g/mol. The minimum Gasteiger partial charge on any atom is -0.455 e. The third-order valence-corrected chi connectivity index (χ3v) is 5.61. The van der Waals surface area contributed by atoms with Crippen LogP contribution in [0.1, 0.15) is 12.2 Å². The number of hydrogen-bond donors (Lipinski definition) is 1. The van der Waals surface area contributed by atoms with Gasteiger partial charge in [-0.05, 0) is 36.4 Å². The van der Waals surface area contributed by atoms with Crippen molar-refractivity contribution < 1.29 is 12.8 Å². The fourth-order valence-corrected chi connectivity index (χ4v) is 4.07. The van der Waals surface area contributed by atoms with Gasteiger partial charge < -0.3 is 4.42 Å². The van der Waals surface area contributed by atoms with E-state index in [-0.39, 0.29) is 0 Å². The molecule has 2 aromatic rings. The maximum absolute atomic E-state index is 11.3. The first-order valence-corrected chi connectivity index (χ1v) is 11.3. The van der Waals surface area contributed by atoms with Crippen LogP contribution in [0.15, 0.2) is 61.0 Å². The number of thioether (sulfide) groups is 1. The molecule has 1 aromatic heterocycles. The first-order valence-electron chi connectivity index (χ1n) is 8.45. The number of nitrogens with zero attached hydrogens (tertiary/aromatic N) is 4. The number of rotatable bonds is 6. The summed E-state index contributed by atoms with van der Waals surface area (Å²) in [5.41, 5.74) is 3.17. The summed E-state index contributed by atoms with van der Waals surface area (Å²) in [5, 5.41) is 9.39. The van der Waals surface area contributed by atoms with Crippen molar-refractivity contribution in [2.24, 2.45) is 20.2 Å². The van der Waals surface area contributed by atoms with Crippen LogP contribution in [0.2, 0.25) is 0 Å². The third-order valence-electron chi connectivity index (χ3n) is 3.97. The molecule has 4 rings (SSSR count). The molecule has 0 radical (unpaired) electrons. The minimum atomic E-state index is -3.30. The van der Waals surface area contributed by atoms with E-state index in [9.17, 15) is 8.42 Å². The number of sulfonamides is 1. The van der Waals surface area contributed by atoms with Gasteiger partial charge in [0.05, 0.1) is 18.5 Å². The van der Waals surface area contributed by atoms with Gasteiger partial charge >= 0.3 is 0 Å². The first kappa shape index (κ1) is 18.6. The topological polar surface area (TPSA) is 109 Å². The second kappa shape index (κ2) is 7.72. The molecule has 0 amide bonds. The Balaban J connectivity index is 1.37. The quantitative estimate of drug-likeness (QED) is 0.782. The maximum atomic E-state index is 11.3. The highest BCUT2D eigenvalue weighted by molar-refractivity contribution is 8.14. The number of anilines is 1. The van der Waals surface area contributed by atoms with E-state index in [1.165, 1.54) is 0 Å². The Morgan fingerprint density at radius 3 is 2.61 bits per heavy atom. The Bertz CT molecular complexity index is 1110. The Kier molecular flexibility index (Phi) is 5.14.